The fourth-order valence-corrected chi connectivity index (χ4v) is 11.5. The van der Waals surface area contributed by atoms with Crippen LogP contribution in [0.25, 0.3) is 0 Å². The van der Waals surface area contributed by atoms with E-state index in [1.54, 1.807) is 6.42 Å². The summed E-state index contributed by atoms with van der Waals surface area (Å²) in [5, 5.41) is 0. The molecule has 32 heavy (non-hydrogen) atoms. The van der Waals surface area contributed by atoms with Crippen LogP contribution >= 0.6 is 0 Å². The average Bonchev–Trinajstić information content (AvgIpc) is 3.30. The highest BCUT2D eigenvalue weighted by molar-refractivity contribution is 5.30. The first-order valence-electron chi connectivity index (χ1n) is 14.1. The standard InChI is InChI=1S/C31H52O/c1-21(2)10-9-11-22(3)23-14-16-29(7)25-13-12-24-27(4,5)26(32-8)15-17-30(24)20-31(25,30)19-18-28(23,29)6/h10,22-26H,9,11-20H2,1-8H3. The predicted octanol–water partition coefficient (Wildman–Crippen LogP) is 8.82. The largest absolute Gasteiger partial charge is 0.381 e. The van der Waals surface area contributed by atoms with Crippen LogP contribution in [-0.4, -0.2) is 13.2 Å². The lowest BCUT2D eigenvalue weighted by atomic mass is 9.41. The van der Waals surface area contributed by atoms with Gasteiger partial charge in [-0.2, -0.15) is 0 Å². The number of fused-ring (bicyclic) bond motifs is 2. The molecule has 9 unspecified atom stereocenters. The maximum Gasteiger partial charge on any atom is 0.0625 e. The molecular formula is C31H52O. The van der Waals surface area contributed by atoms with Crippen LogP contribution < -0.4 is 0 Å². The smallest absolute Gasteiger partial charge is 0.0625 e. The Morgan fingerprint density at radius 2 is 1.56 bits per heavy atom. The Hall–Kier alpha value is -0.300. The Bertz CT molecular complexity index is 775. The zero-order chi connectivity index (χ0) is 23.2. The van der Waals surface area contributed by atoms with Gasteiger partial charge < -0.3 is 4.74 Å². The lowest BCUT2D eigenvalue weighted by Crippen LogP contribution is -2.57. The van der Waals surface area contributed by atoms with Crippen molar-refractivity contribution in [2.75, 3.05) is 7.11 Å². The molecule has 1 nitrogen and oxygen atoms in total. The van der Waals surface area contributed by atoms with Crippen molar-refractivity contribution in [2.45, 2.75) is 125 Å². The van der Waals surface area contributed by atoms with Crippen LogP contribution in [0, 0.1) is 50.7 Å². The minimum atomic E-state index is 0.348. The fraction of sp³-hybridized carbons (Fsp3) is 0.935. The first-order valence-corrected chi connectivity index (χ1v) is 14.1. The first-order chi connectivity index (χ1) is 15.0. The first kappa shape index (κ1) is 23.4. The van der Waals surface area contributed by atoms with Gasteiger partial charge in [-0.1, -0.05) is 46.3 Å². The molecule has 0 bridgehead atoms. The molecule has 0 aliphatic heterocycles. The molecule has 0 aromatic heterocycles. The molecule has 5 saturated carbocycles. The van der Waals surface area contributed by atoms with Crippen LogP contribution in [0.1, 0.15) is 119 Å². The van der Waals surface area contributed by atoms with Gasteiger partial charge in [-0.15, -0.1) is 0 Å². The van der Waals surface area contributed by atoms with Crippen LogP contribution in [0.4, 0.5) is 0 Å². The third-order valence-electron chi connectivity index (χ3n) is 13.3. The van der Waals surface area contributed by atoms with Crippen LogP contribution in [0.15, 0.2) is 11.6 Å². The van der Waals surface area contributed by atoms with E-state index < -0.39 is 0 Å². The van der Waals surface area contributed by atoms with E-state index in [4.69, 9.17) is 4.74 Å². The number of hydrogen-bond acceptors (Lipinski definition) is 1. The molecule has 182 valence electrons. The normalized spacial score (nSPS) is 51.6. The summed E-state index contributed by atoms with van der Waals surface area (Å²) in [4.78, 5) is 0. The Labute approximate surface area is 199 Å². The van der Waals surface area contributed by atoms with Gasteiger partial charge in [0.05, 0.1) is 6.10 Å². The zero-order valence-electron chi connectivity index (χ0n) is 22.7. The molecule has 5 aliphatic rings. The van der Waals surface area contributed by atoms with Gasteiger partial charge in [-0.05, 0) is 135 Å². The molecular weight excluding hydrogens is 388 g/mol. The molecule has 0 radical (unpaired) electrons. The summed E-state index contributed by atoms with van der Waals surface area (Å²) in [7, 11) is 1.96. The van der Waals surface area contributed by atoms with Gasteiger partial charge in [0, 0.05) is 7.11 Å². The number of ether oxygens (including phenoxy) is 1. The van der Waals surface area contributed by atoms with E-state index in [0.717, 1.165) is 23.7 Å². The van der Waals surface area contributed by atoms with Gasteiger partial charge in [0.2, 0.25) is 0 Å². The SMILES string of the molecule is COC1CCC23CC24CCC2(C)C(C(C)CCC=C(C)C)CCC2(C)C4CCC3C1(C)C. The summed E-state index contributed by atoms with van der Waals surface area (Å²) in [5.41, 5.74) is 4.30. The molecule has 0 heterocycles. The van der Waals surface area contributed by atoms with Crippen molar-refractivity contribution in [1.82, 2.24) is 0 Å². The summed E-state index contributed by atoms with van der Waals surface area (Å²) in [6.45, 7) is 17.7. The van der Waals surface area contributed by atoms with Gasteiger partial charge in [0.25, 0.3) is 0 Å². The van der Waals surface area contributed by atoms with Crippen molar-refractivity contribution in [1.29, 1.82) is 0 Å². The maximum absolute atomic E-state index is 6.04. The Kier molecular flexibility index (Phi) is 5.38. The zero-order valence-corrected chi connectivity index (χ0v) is 22.7. The van der Waals surface area contributed by atoms with Gasteiger partial charge >= 0.3 is 0 Å². The highest BCUT2D eigenvalue weighted by atomic mass is 16.5. The molecule has 2 spiro atoms. The minimum absolute atomic E-state index is 0.348. The second-order valence-corrected chi connectivity index (χ2v) is 14.6. The van der Waals surface area contributed by atoms with Crippen LogP contribution in [0.5, 0.6) is 0 Å². The van der Waals surface area contributed by atoms with Crippen molar-refractivity contribution >= 4 is 0 Å². The number of hydrogen-bond donors (Lipinski definition) is 0. The van der Waals surface area contributed by atoms with Crippen molar-refractivity contribution < 1.29 is 4.74 Å². The molecule has 0 aromatic rings. The van der Waals surface area contributed by atoms with E-state index in [1.807, 2.05) is 7.11 Å². The lowest BCUT2D eigenvalue weighted by molar-refractivity contribution is -0.166. The van der Waals surface area contributed by atoms with Gasteiger partial charge in [0.15, 0.2) is 0 Å². The summed E-state index contributed by atoms with van der Waals surface area (Å²) in [5.74, 6) is 3.67. The van der Waals surface area contributed by atoms with Crippen molar-refractivity contribution in [3.8, 4) is 0 Å². The van der Waals surface area contributed by atoms with E-state index in [2.05, 4.69) is 54.5 Å². The summed E-state index contributed by atoms with van der Waals surface area (Å²) in [6, 6.07) is 0. The minimum Gasteiger partial charge on any atom is -0.381 e. The van der Waals surface area contributed by atoms with Crippen LogP contribution in [-0.2, 0) is 4.74 Å². The third kappa shape index (κ3) is 2.79. The van der Waals surface area contributed by atoms with Crippen molar-refractivity contribution in [3.05, 3.63) is 11.6 Å². The van der Waals surface area contributed by atoms with Crippen molar-refractivity contribution in [2.24, 2.45) is 50.7 Å². The Morgan fingerprint density at radius 3 is 2.25 bits per heavy atom. The lowest BCUT2D eigenvalue weighted by Gasteiger charge is -2.63. The summed E-state index contributed by atoms with van der Waals surface area (Å²) >= 11 is 0. The molecule has 0 N–H and O–H groups in total. The number of rotatable bonds is 5. The Morgan fingerprint density at radius 1 is 0.875 bits per heavy atom. The molecule has 5 aliphatic carbocycles. The molecule has 0 saturated heterocycles. The topological polar surface area (TPSA) is 9.23 Å². The number of methoxy groups -OCH3 is 1. The summed E-state index contributed by atoms with van der Waals surface area (Å²) < 4.78 is 6.04. The molecule has 1 heteroatoms. The highest BCUT2D eigenvalue weighted by Crippen LogP contribution is 2.89. The summed E-state index contributed by atoms with van der Waals surface area (Å²) in [6.07, 6.45) is 18.9. The highest BCUT2D eigenvalue weighted by Gasteiger charge is 2.82. The van der Waals surface area contributed by atoms with Gasteiger partial charge in [0.1, 0.15) is 0 Å². The monoisotopic (exact) mass is 440 g/mol. The van der Waals surface area contributed by atoms with E-state index in [1.165, 1.54) is 69.8 Å². The van der Waals surface area contributed by atoms with Gasteiger partial charge in [-0.25, -0.2) is 0 Å². The van der Waals surface area contributed by atoms with E-state index in [-0.39, 0.29) is 0 Å². The molecule has 9 atom stereocenters. The Balaban J connectivity index is 1.40. The second kappa shape index (κ2) is 7.35. The number of allylic oxidation sites excluding steroid dienone is 2. The van der Waals surface area contributed by atoms with Gasteiger partial charge in [-0.3, -0.25) is 0 Å². The van der Waals surface area contributed by atoms with E-state index in [9.17, 15) is 0 Å². The molecule has 0 amide bonds. The molecule has 0 aromatic carbocycles. The maximum atomic E-state index is 6.04. The fourth-order valence-electron chi connectivity index (χ4n) is 11.5. The quantitative estimate of drug-likeness (QED) is 0.388. The molecule has 5 rings (SSSR count). The van der Waals surface area contributed by atoms with E-state index in [0.29, 0.717) is 33.2 Å². The molecule has 5 fully saturated rings. The average molecular weight is 441 g/mol. The van der Waals surface area contributed by atoms with E-state index >= 15 is 0 Å². The van der Waals surface area contributed by atoms with Crippen LogP contribution in [0.2, 0.25) is 0 Å². The second-order valence-electron chi connectivity index (χ2n) is 14.6. The third-order valence-corrected chi connectivity index (χ3v) is 13.3. The predicted molar refractivity (Wildman–Crippen MR) is 136 cm³/mol. The van der Waals surface area contributed by atoms with Crippen molar-refractivity contribution in [3.63, 3.8) is 0 Å². The van der Waals surface area contributed by atoms with Crippen LogP contribution in [0.3, 0.4) is 0 Å².